The minimum atomic E-state index is -0.627. The molecule has 0 radical (unpaired) electrons. The predicted molar refractivity (Wildman–Crippen MR) is 76.7 cm³/mol. The zero-order chi connectivity index (χ0) is 14.4. The second kappa shape index (κ2) is 4.71. The van der Waals surface area contributed by atoms with Crippen LogP contribution in [-0.4, -0.2) is 16.8 Å². The van der Waals surface area contributed by atoms with Gasteiger partial charge in [0.2, 0.25) is 11.8 Å². The number of pyridine rings is 1. The summed E-state index contributed by atoms with van der Waals surface area (Å²) in [7, 11) is 0. The van der Waals surface area contributed by atoms with Crippen molar-refractivity contribution in [3.05, 3.63) is 22.3 Å². The number of nitrogens with zero attached hydrogens (tertiary/aromatic N) is 2. The molecule has 1 aliphatic heterocycles. The molecule has 1 fully saturated rings. The zero-order valence-corrected chi connectivity index (χ0v) is 13.1. The van der Waals surface area contributed by atoms with Crippen molar-refractivity contribution in [2.45, 2.75) is 34.1 Å². The van der Waals surface area contributed by atoms with Crippen LogP contribution in [0, 0.1) is 18.3 Å². The number of anilines is 1. The summed E-state index contributed by atoms with van der Waals surface area (Å²) in [4.78, 5) is 30.2. The lowest BCUT2D eigenvalue weighted by molar-refractivity contribution is -0.126. The van der Waals surface area contributed by atoms with Crippen LogP contribution in [0.3, 0.4) is 0 Å². The molecule has 102 valence electrons. The fraction of sp³-hybridized carbons (Fsp3) is 0.500. The SMILES string of the molecule is Cc1cc(Br)cnc1N1C(=O)CC(C)(C(C)C)C1=O. The smallest absolute Gasteiger partial charge is 0.241 e. The molecule has 19 heavy (non-hydrogen) atoms. The van der Waals surface area contributed by atoms with E-state index in [9.17, 15) is 9.59 Å². The second-order valence-corrected chi connectivity index (χ2v) is 6.49. The van der Waals surface area contributed by atoms with Crippen LogP contribution in [0.15, 0.2) is 16.7 Å². The van der Waals surface area contributed by atoms with Crippen LogP contribution in [-0.2, 0) is 9.59 Å². The quantitative estimate of drug-likeness (QED) is 0.785. The first kappa shape index (κ1) is 14.2. The summed E-state index contributed by atoms with van der Waals surface area (Å²) in [6, 6.07) is 1.86. The average Bonchev–Trinajstić information content (AvgIpc) is 2.53. The molecular weight excluding hydrogens is 308 g/mol. The maximum absolute atomic E-state index is 12.6. The van der Waals surface area contributed by atoms with Crippen molar-refractivity contribution >= 4 is 33.6 Å². The number of halogens is 1. The highest BCUT2D eigenvalue weighted by Gasteiger charge is 2.51. The third-order valence-electron chi connectivity index (χ3n) is 3.96. The third kappa shape index (κ3) is 2.20. The van der Waals surface area contributed by atoms with Gasteiger partial charge >= 0.3 is 0 Å². The highest BCUT2D eigenvalue weighted by molar-refractivity contribution is 9.10. The lowest BCUT2D eigenvalue weighted by atomic mass is 9.78. The normalized spacial score (nSPS) is 23.6. The Morgan fingerprint density at radius 1 is 1.42 bits per heavy atom. The lowest BCUT2D eigenvalue weighted by Crippen LogP contribution is -2.37. The number of imide groups is 1. The van der Waals surface area contributed by atoms with Gasteiger partial charge in [0.15, 0.2) is 0 Å². The number of aromatic nitrogens is 1. The summed E-state index contributed by atoms with van der Waals surface area (Å²) in [6.45, 7) is 7.64. The zero-order valence-electron chi connectivity index (χ0n) is 11.5. The first-order valence-corrected chi connectivity index (χ1v) is 7.06. The molecule has 2 rings (SSSR count). The molecule has 0 spiro atoms. The molecule has 0 aromatic carbocycles. The summed E-state index contributed by atoms with van der Waals surface area (Å²) >= 11 is 3.33. The molecule has 0 N–H and O–H groups in total. The van der Waals surface area contributed by atoms with Crippen molar-refractivity contribution in [1.29, 1.82) is 0 Å². The second-order valence-electron chi connectivity index (χ2n) is 5.58. The molecule has 4 nitrogen and oxygen atoms in total. The van der Waals surface area contributed by atoms with Crippen molar-refractivity contribution in [1.82, 2.24) is 4.98 Å². The van der Waals surface area contributed by atoms with Crippen molar-refractivity contribution in [3.8, 4) is 0 Å². The van der Waals surface area contributed by atoms with E-state index in [2.05, 4.69) is 20.9 Å². The summed E-state index contributed by atoms with van der Waals surface area (Å²) in [6.07, 6.45) is 1.86. The Morgan fingerprint density at radius 3 is 2.53 bits per heavy atom. The Hall–Kier alpha value is -1.23. The van der Waals surface area contributed by atoms with Crippen LogP contribution in [0.4, 0.5) is 5.82 Å². The molecule has 1 saturated heterocycles. The topological polar surface area (TPSA) is 50.3 Å². The average molecular weight is 325 g/mol. The van der Waals surface area contributed by atoms with E-state index in [0.29, 0.717) is 5.82 Å². The van der Waals surface area contributed by atoms with Crippen molar-refractivity contribution in [2.75, 3.05) is 4.90 Å². The van der Waals surface area contributed by atoms with E-state index < -0.39 is 5.41 Å². The van der Waals surface area contributed by atoms with E-state index in [0.717, 1.165) is 10.0 Å². The van der Waals surface area contributed by atoms with Crippen molar-refractivity contribution < 1.29 is 9.59 Å². The van der Waals surface area contributed by atoms with Gasteiger partial charge < -0.3 is 0 Å². The first-order chi connectivity index (χ1) is 8.77. The van der Waals surface area contributed by atoms with Crippen LogP contribution in [0.25, 0.3) is 0 Å². The van der Waals surface area contributed by atoms with Crippen LogP contribution >= 0.6 is 15.9 Å². The molecule has 5 heteroatoms. The largest absolute Gasteiger partial charge is 0.274 e. The van der Waals surface area contributed by atoms with Gasteiger partial charge in [-0.05, 0) is 47.3 Å². The van der Waals surface area contributed by atoms with E-state index in [-0.39, 0.29) is 24.2 Å². The standard InChI is InChI=1S/C14H17BrN2O2/c1-8(2)14(4)6-11(18)17(13(14)19)12-9(3)5-10(15)7-16-12/h5,7-8H,6H2,1-4H3. The number of hydrogen-bond donors (Lipinski definition) is 0. The van der Waals surface area contributed by atoms with Crippen LogP contribution in [0.1, 0.15) is 32.8 Å². The third-order valence-corrected chi connectivity index (χ3v) is 4.40. The number of carbonyl (C=O) groups is 2. The lowest BCUT2D eigenvalue weighted by Gasteiger charge is -2.26. The van der Waals surface area contributed by atoms with Gasteiger partial charge in [0, 0.05) is 17.1 Å². The highest BCUT2D eigenvalue weighted by Crippen LogP contribution is 2.41. The molecule has 1 aromatic heterocycles. The van der Waals surface area contributed by atoms with Gasteiger partial charge in [0.25, 0.3) is 0 Å². The molecule has 0 saturated carbocycles. The molecule has 1 unspecified atom stereocenters. The van der Waals surface area contributed by atoms with Crippen LogP contribution in [0.5, 0.6) is 0 Å². The van der Waals surface area contributed by atoms with E-state index >= 15 is 0 Å². The van der Waals surface area contributed by atoms with E-state index in [1.807, 2.05) is 33.8 Å². The summed E-state index contributed by atoms with van der Waals surface area (Å²) < 4.78 is 0.833. The number of hydrogen-bond acceptors (Lipinski definition) is 3. The minimum absolute atomic E-state index is 0.115. The summed E-state index contributed by atoms with van der Waals surface area (Å²) in [5.74, 6) is 0.247. The summed E-state index contributed by atoms with van der Waals surface area (Å²) in [5, 5.41) is 0. The van der Waals surface area contributed by atoms with Gasteiger partial charge in [-0.25, -0.2) is 9.88 Å². The van der Waals surface area contributed by atoms with E-state index in [4.69, 9.17) is 0 Å². The van der Waals surface area contributed by atoms with E-state index in [1.165, 1.54) is 4.90 Å². The van der Waals surface area contributed by atoms with Gasteiger partial charge in [-0.15, -0.1) is 0 Å². The molecule has 1 aromatic rings. The number of rotatable bonds is 2. The predicted octanol–water partition coefficient (Wildman–Crippen LogP) is 3.08. The Balaban J connectivity index is 2.46. The number of aryl methyl sites for hydroxylation is 1. The highest BCUT2D eigenvalue weighted by atomic mass is 79.9. The maximum atomic E-state index is 12.6. The Bertz CT molecular complexity index is 556. The first-order valence-electron chi connectivity index (χ1n) is 6.27. The van der Waals surface area contributed by atoms with Gasteiger partial charge in [-0.1, -0.05) is 13.8 Å². The van der Waals surface area contributed by atoms with Gasteiger partial charge in [0.05, 0.1) is 5.41 Å². The Kier molecular flexibility index (Phi) is 3.51. The summed E-state index contributed by atoms with van der Waals surface area (Å²) in [5.41, 5.74) is 0.183. The fourth-order valence-corrected chi connectivity index (χ4v) is 2.72. The van der Waals surface area contributed by atoms with Gasteiger partial charge in [-0.2, -0.15) is 0 Å². The Morgan fingerprint density at radius 2 is 2.05 bits per heavy atom. The molecule has 2 heterocycles. The molecule has 1 aliphatic rings. The number of carbonyl (C=O) groups excluding carboxylic acids is 2. The molecular formula is C14H17BrN2O2. The van der Waals surface area contributed by atoms with Gasteiger partial charge in [-0.3, -0.25) is 9.59 Å². The van der Waals surface area contributed by atoms with E-state index in [1.54, 1.807) is 6.20 Å². The van der Waals surface area contributed by atoms with Crippen molar-refractivity contribution in [2.24, 2.45) is 11.3 Å². The molecule has 0 aliphatic carbocycles. The number of amides is 2. The molecule has 1 atom stereocenters. The minimum Gasteiger partial charge on any atom is -0.274 e. The molecule has 2 amide bonds. The monoisotopic (exact) mass is 324 g/mol. The fourth-order valence-electron chi connectivity index (χ4n) is 2.27. The van der Waals surface area contributed by atoms with Gasteiger partial charge in [0.1, 0.15) is 5.82 Å². The maximum Gasteiger partial charge on any atom is 0.241 e. The Labute approximate surface area is 121 Å². The van der Waals surface area contributed by atoms with Crippen LogP contribution in [0.2, 0.25) is 0 Å². The van der Waals surface area contributed by atoms with Crippen molar-refractivity contribution in [3.63, 3.8) is 0 Å². The molecule has 0 bridgehead atoms. The van der Waals surface area contributed by atoms with Crippen LogP contribution < -0.4 is 4.90 Å².